The second-order valence-electron chi connectivity index (χ2n) is 7.50. The molecule has 0 radical (unpaired) electrons. The summed E-state index contributed by atoms with van der Waals surface area (Å²) in [4.78, 5) is 0. The molecule has 0 aliphatic rings. The molecule has 0 amide bonds. The molecule has 0 fully saturated rings. The Balaban J connectivity index is 1.74. The minimum atomic E-state index is -1.71. The SMILES string of the molecule is c1ccc([As](c2ccccc2)c2ccccc2[As](c2ccccc2)c2ccccc2)cc1. The molecule has 32 heavy (non-hydrogen) atoms. The summed E-state index contributed by atoms with van der Waals surface area (Å²) >= 11 is -3.41. The molecule has 2 heteroatoms. The molecule has 0 aliphatic carbocycles. The van der Waals surface area contributed by atoms with E-state index in [1.54, 1.807) is 8.70 Å². The fraction of sp³-hybridized carbons (Fsp3) is 0. The summed E-state index contributed by atoms with van der Waals surface area (Å²) in [6, 6.07) is 53.9. The number of hydrogen-bond acceptors (Lipinski definition) is 0. The minimum absolute atomic E-state index is 1.48. The molecule has 0 saturated carbocycles. The monoisotopic (exact) mass is 534 g/mol. The van der Waals surface area contributed by atoms with Crippen molar-refractivity contribution in [3.05, 3.63) is 146 Å². The van der Waals surface area contributed by atoms with E-state index in [-0.39, 0.29) is 0 Å². The van der Waals surface area contributed by atoms with E-state index in [2.05, 4.69) is 146 Å². The van der Waals surface area contributed by atoms with Gasteiger partial charge in [-0.05, 0) is 0 Å². The van der Waals surface area contributed by atoms with Crippen LogP contribution in [-0.2, 0) is 0 Å². The molecule has 5 rings (SSSR count). The Hall–Kier alpha value is -2.78. The van der Waals surface area contributed by atoms with Crippen LogP contribution in [0.1, 0.15) is 0 Å². The average molecular weight is 534 g/mol. The van der Waals surface area contributed by atoms with Crippen LogP contribution in [0, 0.1) is 0 Å². The van der Waals surface area contributed by atoms with Crippen molar-refractivity contribution in [2.75, 3.05) is 0 Å². The maximum atomic E-state index is 2.41. The van der Waals surface area contributed by atoms with Gasteiger partial charge in [0.05, 0.1) is 0 Å². The summed E-state index contributed by atoms with van der Waals surface area (Å²) in [6.45, 7) is 0. The molecule has 0 bridgehead atoms. The van der Waals surface area contributed by atoms with Gasteiger partial charge in [0, 0.05) is 0 Å². The van der Waals surface area contributed by atoms with Crippen LogP contribution in [0.15, 0.2) is 146 Å². The standard InChI is InChI=1S/C30H24As2/c1-5-15-25(16-6-1)31(26-17-7-2-8-18-26)29-23-13-14-24-30(29)32(27-19-9-3-10-20-27)28-21-11-4-12-22-28/h1-24H. The van der Waals surface area contributed by atoms with Crippen LogP contribution in [0.3, 0.4) is 0 Å². The molecule has 0 nitrogen and oxygen atoms in total. The zero-order chi connectivity index (χ0) is 21.6. The van der Waals surface area contributed by atoms with Crippen LogP contribution in [0.4, 0.5) is 0 Å². The first-order chi connectivity index (χ1) is 15.9. The third-order valence-corrected chi connectivity index (χ3v) is 16.7. The summed E-state index contributed by atoms with van der Waals surface area (Å²) < 4.78 is 9.04. The van der Waals surface area contributed by atoms with E-state index in [9.17, 15) is 0 Å². The van der Waals surface area contributed by atoms with E-state index in [0.717, 1.165) is 0 Å². The van der Waals surface area contributed by atoms with Gasteiger partial charge < -0.3 is 0 Å². The molecular weight excluding hydrogens is 510 g/mol. The molecule has 0 aliphatic heterocycles. The van der Waals surface area contributed by atoms with E-state index < -0.39 is 29.3 Å². The van der Waals surface area contributed by atoms with E-state index in [0.29, 0.717) is 0 Å². The topological polar surface area (TPSA) is 0 Å². The number of rotatable bonds is 6. The summed E-state index contributed by atoms with van der Waals surface area (Å²) in [5, 5.41) is 0. The van der Waals surface area contributed by atoms with Gasteiger partial charge >= 0.3 is 201 Å². The summed E-state index contributed by atoms with van der Waals surface area (Å²) in [7, 11) is 0. The Kier molecular flexibility index (Phi) is 6.74. The molecule has 0 heterocycles. The second-order valence-corrected chi connectivity index (χ2v) is 16.7. The first kappa shape index (κ1) is 21.1. The van der Waals surface area contributed by atoms with Gasteiger partial charge in [-0.25, -0.2) is 0 Å². The predicted octanol–water partition coefficient (Wildman–Crippen LogP) is 2.72. The van der Waals surface area contributed by atoms with Crippen molar-refractivity contribution in [1.29, 1.82) is 0 Å². The first-order valence-electron chi connectivity index (χ1n) is 10.8. The fourth-order valence-corrected chi connectivity index (χ4v) is 16.0. The van der Waals surface area contributed by atoms with Crippen LogP contribution in [0.2, 0.25) is 0 Å². The Morgan fingerprint density at radius 3 is 0.719 bits per heavy atom. The van der Waals surface area contributed by atoms with Crippen LogP contribution in [0.25, 0.3) is 0 Å². The quantitative estimate of drug-likeness (QED) is 0.294. The van der Waals surface area contributed by atoms with E-state index in [1.165, 1.54) is 17.4 Å². The first-order valence-corrected chi connectivity index (χ1v) is 16.4. The summed E-state index contributed by atoms with van der Waals surface area (Å²) in [5.74, 6) is 0. The average Bonchev–Trinajstić information content (AvgIpc) is 2.88. The fourth-order valence-electron chi connectivity index (χ4n) is 4.01. The van der Waals surface area contributed by atoms with Gasteiger partial charge in [-0.2, -0.15) is 0 Å². The molecule has 0 atom stereocenters. The maximum absolute atomic E-state index is 2.41. The van der Waals surface area contributed by atoms with Crippen molar-refractivity contribution in [2.45, 2.75) is 0 Å². The van der Waals surface area contributed by atoms with Gasteiger partial charge in [0.15, 0.2) is 0 Å². The van der Waals surface area contributed by atoms with Crippen molar-refractivity contribution in [3.63, 3.8) is 0 Å². The second kappa shape index (κ2) is 10.2. The van der Waals surface area contributed by atoms with Gasteiger partial charge in [-0.3, -0.25) is 0 Å². The number of benzene rings is 5. The Morgan fingerprint density at radius 1 is 0.250 bits per heavy atom. The van der Waals surface area contributed by atoms with Crippen LogP contribution in [0.5, 0.6) is 0 Å². The molecule has 0 unspecified atom stereocenters. The van der Waals surface area contributed by atoms with Crippen molar-refractivity contribution < 1.29 is 0 Å². The van der Waals surface area contributed by atoms with Gasteiger partial charge in [-0.1, -0.05) is 0 Å². The zero-order valence-electron chi connectivity index (χ0n) is 17.8. The third-order valence-electron chi connectivity index (χ3n) is 5.42. The van der Waals surface area contributed by atoms with E-state index >= 15 is 0 Å². The van der Waals surface area contributed by atoms with Gasteiger partial charge in [0.1, 0.15) is 0 Å². The molecule has 0 aromatic heterocycles. The Labute approximate surface area is 200 Å². The Morgan fingerprint density at radius 2 is 0.469 bits per heavy atom. The summed E-state index contributed by atoms with van der Waals surface area (Å²) in [6.07, 6.45) is 0. The number of hydrogen-bond donors (Lipinski definition) is 0. The van der Waals surface area contributed by atoms with E-state index in [1.807, 2.05) is 0 Å². The molecule has 5 aromatic carbocycles. The van der Waals surface area contributed by atoms with Crippen molar-refractivity contribution >= 4 is 55.4 Å². The molecule has 0 N–H and O–H groups in total. The predicted molar refractivity (Wildman–Crippen MR) is 142 cm³/mol. The normalized spacial score (nSPS) is 11.1. The molecular formula is C30H24As2. The molecule has 154 valence electrons. The van der Waals surface area contributed by atoms with Crippen LogP contribution in [-0.4, -0.2) is 29.3 Å². The molecule has 0 spiro atoms. The Bertz CT molecular complexity index is 1070. The van der Waals surface area contributed by atoms with Gasteiger partial charge in [-0.15, -0.1) is 0 Å². The van der Waals surface area contributed by atoms with Gasteiger partial charge in [0.2, 0.25) is 0 Å². The van der Waals surface area contributed by atoms with Crippen molar-refractivity contribution in [3.8, 4) is 0 Å². The third kappa shape index (κ3) is 4.54. The van der Waals surface area contributed by atoms with Gasteiger partial charge in [0.25, 0.3) is 0 Å². The zero-order valence-corrected chi connectivity index (χ0v) is 21.5. The summed E-state index contributed by atoms with van der Waals surface area (Å²) in [5.41, 5.74) is 0. The van der Waals surface area contributed by atoms with Crippen LogP contribution < -0.4 is 26.1 Å². The van der Waals surface area contributed by atoms with Crippen molar-refractivity contribution in [2.24, 2.45) is 0 Å². The van der Waals surface area contributed by atoms with Crippen molar-refractivity contribution in [1.82, 2.24) is 0 Å². The van der Waals surface area contributed by atoms with Crippen LogP contribution >= 0.6 is 0 Å². The molecule has 5 aromatic rings. The molecule has 0 saturated heterocycles. The van der Waals surface area contributed by atoms with E-state index in [4.69, 9.17) is 0 Å².